The third-order valence-corrected chi connectivity index (χ3v) is 2.56. The Labute approximate surface area is 104 Å². The molecule has 0 atom stereocenters. The first-order valence-corrected chi connectivity index (χ1v) is 5.68. The molecule has 7 heteroatoms. The predicted molar refractivity (Wildman–Crippen MR) is 67.3 cm³/mol. The summed E-state index contributed by atoms with van der Waals surface area (Å²) in [6.45, 7) is 0.649. The molecule has 1 aromatic heterocycles. The molecular weight excluding hydrogens is 236 g/mol. The van der Waals surface area contributed by atoms with Crippen LogP contribution in [-0.2, 0) is 17.9 Å². The highest BCUT2D eigenvalue weighted by molar-refractivity contribution is 5.75. The molecule has 0 spiro atoms. The van der Waals surface area contributed by atoms with Gasteiger partial charge in [0, 0.05) is 52.4 Å². The number of hydrogen-bond acceptors (Lipinski definition) is 4. The largest absolute Gasteiger partial charge is 0.349 e. The second-order valence-corrected chi connectivity index (χ2v) is 4.11. The van der Waals surface area contributed by atoms with Gasteiger partial charge in [0.25, 0.3) is 5.56 Å². The second kappa shape index (κ2) is 6.15. The van der Waals surface area contributed by atoms with Crippen LogP contribution < -0.4 is 17.0 Å². The van der Waals surface area contributed by atoms with Gasteiger partial charge >= 0.3 is 5.69 Å². The maximum absolute atomic E-state index is 11.9. The van der Waals surface area contributed by atoms with Gasteiger partial charge < -0.3 is 10.6 Å². The average molecular weight is 254 g/mol. The SMILES string of the molecule is CN(C)C(=O)CCn1ccc(=O)n(CCN)c1=O. The van der Waals surface area contributed by atoms with Crippen molar-refractivity contribution in [2.45, 2.75) is 19.5 Å². The first kappa shape index (κ1) is 14.2. The van der Waals surface area contributed by atoms with Gasteiger partial charge in [0.2, 0.25) is 5.91 Å². The Kier molecular flexibility index (Phi) is 4.85. The van der Waals surface area contributed by atoms with Crippen LogP contribution in [0.15, 0.2) is 21.9 Å². The van der Waals surface area contributed by atoms with Crippen molar-refractivity contribution in [2.75, 3.05) is 20.6 Å². The van der Waals surface area contributed by atoms with Gasteiger partial charge in [-0.1, -0.05) is 0 Å². The highest BCUT2D eigenvalue weighted by Crippen LogP contribution is 1.90. The van der Waals surface area contributed by atoms with Crippen LogP contribution in [0.2, 0.25) is 0 Å². The molecule has 100 valence electrons. The van der Waals surface area contributed by atoms with Crippen molar-refractivity contribution in [1.29, 1.82) is 0 Å². The van der Waals surface area contributed by atoms with E-state index in [-0.39, 0.29) is 37.5 Å². The van der Waals surface area contributed by atoms with Crippen LogP contribution in [0.1, 0.15) is 6.42 Å². The van der Waals surface area contributed by atoms with E-state index >= 15 is 0 Å². The van der Waals surface area contributed by atoms with Crippen LogP contribution in [0, 0.1) is 0 Å². The molecule has 0 aromatic carbocycles. The number of carbonyl (C=O) groups excluding carboxylic acids is 1. The molecule has 0 saturated heterocycles. The maximum Gasteiger partial charge on any atom is 0.331 e. The van der Waals surface area contributed by atoms with Crippen molar-refractivity contribution in [3.05, 3.63) is 33.1 Å². The molecule has 0 bridgehead atoms. The smallest absolute Gasteiger partial charge is 0.331 e. The number of carbonyl (C=O) groups is 1. The van der Waals surface area contributed by atoms with Crippen LogP contribution in [0.25, 0.3) is 0 Å². The number of hydrogen-bond donors (Lipinski definition) is 1. The lowest BCUT2D eigenvalue weighted by Gasteiger charge is -2.12. The highest BCUT2D eigenvalue weighted by atomic mass is 16.2. The Morgan fingerprint density at radius 1 is 1.33 bits per heavy atom. The van der Waals surface area contributed by atoms with Gasteiger partial charge in [0.05, 0.1) is 0 Å². The minimum Gasteiger partial charge on any atom is -0.349 e. The van der Waals surface area contributed by atoms with Crippen molar-refractivity contribution in [1.82, 2.24) is 14.0 Å². The summed E-state index contributed by atoms with van der Waals surface area (Å²) in [7, 11) is 3.31. The molecule has 18 heavy (non-hydrogen) atoms. The van der Waals surface area contributed by atoms with Crippen molar-refractivity contribution in [3.63, 3.8) is 0 Å². The zero-order valence-corrected chi connectivity index (χ0v) is 10.6. The minimum absolute atomic E-state index is 0.0709. The van der Waals surface area contributed by atoms with Crippen molar-refractivity contribution in [2.24, 2.45) is 5.73 Å². The second-order valence-electron chi connectivity index (χ2n) is 4.11. The Balaban J connectivity index is 2.91. The molecule has 1 heterocycles. The van der Waals surface area contributed by atoms with Crippen molar-refractivity contribution >= 4 is 5.91 Å². The summed E-state index contributed by atoms with van der Waals surface area (Å²) >= 11 is 0. The number of amides is 1. The van der Waals surface area contributed by atoms with E-state index in [1.165, 1.54) is 21.7 Å². The van der Waals surface area contributed by atoms with E-state index in [2.05, 4.69) is 0 Å². The van der Waals surface area contributed by atoms with Crippen LogP contribution in [0.5, 0.6) is 0 Å². The summed E-state index contributed by atoms with van der Waals surface area (Å²) in [6, 6.07) is 1.30. The molecule has 7 nitrogen and oxygen atoms in total. The molecule has 0 aliphatic heterocycles. The van der Waals surface area contributed by atoms with E-state index in [9.17, 15) is 14.4 Å². The molecule has 0 radical (unpaired) electrons. The molecule has 0 aliphatic rings. The topological polar surface area (TPSA) is 90.3 Å². The third kappa shape index (κ3) is 3.30. The minimum atomic E-state index is -0.431. The Morgan fingerprint density at radius 3 is 2.56 bits per heavy atom. The zero-order valence-electron chi connectivity index (χ0n) is 10.6. The van der Waals surface area contributed by atoms with Crippen molar-refractivity contribution in [3.8, 4) is 0 Å². The van der Waals surface area contributed by atoms with Crippen LogP contribution in [-0.4, -0.2) is 40.6 Å². The fraction of sp³-hybridized carbons (Fsp3) is 0.545. The molecule has 1 aromatic rings. The number of aryl methyl sites for hydroxylation is 1. The summed E-state index contributed by atoms with van der Waals surface area (Å²) in [5, 5.41) is 0. The number of nitrogens with two attached hydrogens (primary N) is 1. The van der Waals surface area contributed by atoms with E-state index in [4.69, 9.17) is 5.73 Å². The Morgan fingerprint density at radius 2 is 2.00 bits per heavy atom. The maximum atomic E-state index is 11.9. The van der Waals surface area contributed by atoms with Gasteiger partial charge in [-0.3, -0.25) is 18.7 Å². The molecular formula is C11H18N4O3. The van der Waals surface area contributed by atoms with Gasteiger partial charge in [-0.25, -0.2) is 4.79 Å². The Hall–Kier alpha value is -1.89. The molecule has 1 rings (SSSR count). The fourth-order valence-electron chi connectivity index (χ4n) is 1.50. The van der Waals surface area contributed by atoms with Gasteiger partial charge in [-0.2, -0.15) is 0 Å². The first-order chi connectivity index (χ1) is 8.47. The predicted octanol–water partition coefficient (Wildman–Crippen LogP) is -1.55. The fourth-order valence-corrected chi connectivity index (χ4v) is 1.50. The average Bonchev–Trinajstić information content (AvgIpc) is 2.33. The standard InChI is InChI=1S/C11H18N4O3/c1-13(2)9(16)3-6-14-7-4-10(17)15(8-5-12)11(14)18/h4,7H,3,5-6,8,12H2,1-2H3. The summed E-state index contributed by atoms with van der Waals surface area (Å²) < 4.78 is 2.42. The van der Waals surface area contributed by atoms with Crippen LogP contribution in [0.3, 0.4) is 0 Å². The zero-order chi connectivity index (χ0) is 13.7. The first-order valence-electron chi connectivity index (χ1n) is 5.68. The molecule has 0 aliphatic carbocycles. The normalized spacial score (nSPS) is 10.4. The lowest BCUT2D eigenvalue weighted by atomic mass is 10.3. The number of nitrogens with zero attached hydrogens (tertiary/aromatic N) is 3. The van der Waals surface area contributed by atoms with E-state index in [0.29, 0.717) is 0 Å². The van der Waals surface area contributed by atoms with Crippen molar-refractivity contribution < 1.29 is 4.79 Å². The molecule has 0 saturated carbocycles. The van der Waals surface area contributed by atoms with Crippen LogP contribution in [0.4, 0.5) is 0 Å². The lowest BCUT2D eigenvalue weighted by Crippen LogP contribution is -2.41. The summed E-state index contributed by atoms with van der Waals surface area (Å²) in [6.07, 6.45) is 1.62. The lowest BCUT2D eigenvalue weighted by molar-refractivity contribution is -0.128. The van der Waals surface area contributed by atoms with Gasteiger partial charge in [0.1, 0.15) is 0 Å². The van der Waals surface area contributed by atoms with E-state index in [1.807, 2.05) is 0 Å². The van der Waals surface area contributed by atoms with E-state index in [0.717, 1.165) is 4.57 Å². The summed E-state index contributed by atoms with van der Waals surface area (Å²) in [4.78, 5) is 36.2. The van der Waals surface area contributed by atoms with Gasteiger partial charge in [0.15, 0.2) is 0 Å². The van der Waals surface area contributed by atoms with Crippen LogP contribution >= 0.6 is 0 Å². The monoisotopic (exact) mass is 254 g/mol. The third-order valence-electron chi connectivity index (χ3n) is 2.56. The summed E-state index contributed by atoms with van der Waals surface area (Å²) in [5.74, 6) is -0.0709. The number of rotatable bonds is 5. The Bertz CT molecular complexity index is 530. The van der Waals surface area contributed by atoms with Gasteiger partial charge in [-0.05, 0) is 0 Å². The van der Waals surface area contributed by atoms with Gasteiger partial charge in [-0.15, -0.1) is 0 Å². The quantitative estimate of drug-likeness (QED) is 0.688. The van der Waals surface area contributed by atoms with E-state index in [1.54, 1.807) is 14.1 Å². The molecule has 0 unspecified atom stereocenters. The highest BCUT2D eigenvalue weighted by Gasteiger charge is 2.07. The molecule has 1 amide bonds. The summed E-state index contributed by atoms with van der Waals surface area (Å²) in [5.41, 5.74) is 4.54. The van der Waals surface area contributed by atoms with E-state index < -0.39 is 5.69 Å². The molecule has 0 fully saturated rings. The molecule has 2 N–H and O–H groups in total. The number of aromatic nitrogens is 2.